The average Bonchev–Trinajstić information content (AvgIpc) is 2.72. The Hall–Kier alpha value is -0.870. The van der Waals surface area contributed by atoms with Gasteiger partial charge in [0.25, 0.3) is 0 Å². The van der Waals surface area contributed by atoms with Crippen molar-refractivity contribution in [3.63, 3.8) is 0 Å². The SMILES string of the molecule is Cc1cscc1CNc1nccs1. The van der Waals surface area contributed by atoms with Crippen LogP contribution in [0.15, 0.2) is 22.3 Å². The summed E-state index contributed by atoms with van der Waals surface area (Å²) in [6, 6.07) is 0. The summed E-state index contributed by atoms with van der Waals surface area (Å²) in [5.41, 5.74) is 2.72. The third kappa shape index (κ3) is 2.08. The molecule has 0 aliphatic heterocycles. The van der Waals surface area contributed by atoms with E-state index in [9.17, 15) is 0 Å². The van der Waals surface area contributed by atoms with Gasteiger partial charge in [0.15, 0.2) is 5.13 Å². The number of nitrogens with one attached hydrogen (secondary N) is 1. The fourth-order valence-electron chi connectivity index (χ4n) is 1.05. The highest BCUT2D eigenvalue weighted by Crippen LogP contribution is 2.16. The van der Waals surface area contributed by atoms with Crippen molar-refractivity contribution in [3.05, 3.63) is 33.5 Å². The molecule has 2 aromatic heterocycles. The van der Waals surface area contributed by atoms with E-state index in [-0.39, 0.29) is 0 Å². The molecule has 0 unspecified atom stereocenters. The molecular weight excluding hydrogens is 200 g/mol. The third-order valence-electron chi connectivity index (χ3n) is 1.82. The molecule has 0 aliphatic rings. The van der Waals surface area contributed by atoms with Gasteiger partial charge >= 0.3 is 0 Å². The second kappa shape index (κ2) is 3.89. The van der Waals surface area contributed by atoms with Gasteiger partial charge in [-0.25, -0.2) is 4.98 Å². The zero-order valence-corrected chi connectivity index (χ0v) is 8.91. The summed E-state index contributed by atoms with van der Waals surface area (Å²) in [6.45, 7) is 3.01. The lowest BCUT2D eigenvalue weighted by molar-refractivity contribution is 1.12. The van der Waals surface area contributed by atoms with E-state index in [0.29, 0.717) is 0 Å². The van der Waals surface area contributed by atoms with Crippen molar-refractivity contribution in [2.75, 3.05) is 5.32 Å². The second-order valence-electron chi connectivity index (χ2n) is 2.77. The summed E-state index contributed by atoms with van der Waals surface area (Å²) >= 11 is 3.38. The highest BCUT2D eigenvalue weighted by Gasteiger charge is 1.99. The van der Waals surface area contributed by atoms with Crippen LogP contribution in [-0.2, 0) is 6.54 Å². The van der Waals surface area contributed by atoms with E-state index < -0.39 is 0 Å². The molecule has 2 rings (SSSR count). The van der Waals surface area contributed by atoms with Crippen LogP contribution < -0.4 is 5.32 Å². The molecular formula is C9H10N2S2. The van der Waals surface area contributed by atoms with Gasteiger partial charge in [0, 0.05) is 18.1 Å². The van der Waals surface area contributed by atoms with Crippen molar-refractivity contribution >= 4 is 27.8 Å². The standard InChI is InChI=1S/C9H10N2S2/c1-7-5-12-6-8(7)4-11-9-10-2-3-13-9/h2-3,5-6H,4H2,1H3,(H,10,11). The number of anilines is 1. The summed E-state index contributed by atoms with van der Waals surface area (Å²) in [4.78, 5) is 4.16. The molecule has 68 valence electrons. The zero-order valence-electron chi connectivity index (χ0n) is 7.28. The first-order valence-electron chi connectivity index (χ1n) is 4.01. The number of hydrogen-bond acceptors (Lipinski definition) is 4. The third-order valence-corrected chi connectivity index (χ3v) is 3.47. The van der Waals surface area contributed by atoms with Crippen LogP contribution in [0, 0.1) is 6.92 Å². The van der Waals surface area contributed by atoms with Crippen LogP contribution in [0.5, 0.6) is 0 Å². The number of rotatable bonds is 3. The van der Waals surface area contributed by atoms with Gasteiger partial charge in [0.1, 0.15) is 0 Å². The first kappa shape index (κ1) is 8.72. The molecule has 2 heterocycles. The number of aromatic nitrogens is 1. The molecule has 1 N–H and O–H groups in total. The fourth-order valence-corrected chi connectivity index (χ4v) is 2.43. The highest BCUT2D eigenvalue weighted by molar-refractivity contribution is 7.13. The van der Waals surface area contributed by atoms with Gasteiger partial charge in [-0.2, -0.15) is 11.3 Å². The average molecular weight is 210 g/mol. The molecule has 0 aromatic carbocycles. The second-order valence-corrected chi connectivity index (χ2v) is 4.41. The Morgan fingerprint density at radius 2 is 2.38 bits per heavy atom. The molecule has 0 fully saturated rings. The lowest BCUT2D eigenvalue weighted by Gasteiger charge is -2.00. The van der Waals surface area contributed by atoms with Crippen molar-refractivity contribution in [3.8, 4) is 0 Å². The maximum atomic E-state index is 4.16. The Kier molecular flexibility index (Phi) is 2.61. The Balaban J connectivity index is 1.97. The van der Waals surface area contributed by atoms with Gasteiger partial charge in [0.05, 0.1) is 0 Å². The summed E-state index contributed by atoms with van der Waals surface area (Å²) in [6.07, 6.45) is 1.81. The molecule has 0 amide bonds. The molecule has 0 saturated carbocycles. The van der Waals surface area contributed by atoms with E-state index in [4.69, 9.17) is 0 Å². The van der Waals surface area contributed by atoms with Crippen molar-refractivity contribution in [2.45, 2.75) is 13.5 Å². The minimum absolute atomic E-state index is 0.878. The molecule has 13 heavy (non-hydrogen) atoms. The fraction of sp³-hybridized carbons (Fsp3) is 0.222. The number of thiophene rings is 1. The van der Waals surface area contributed by atoms with E-state index in [0.717, 1.165) is 11.7 Å². The normalized spacial score (nSPS) is 10.2. The van der Waals surface area contributed by atoms with Crippen LogP contribution in [-0.4, -0.2) is 4.98 Å². The van der Waals surface area contributed by atoms with Crippen molar-refractivity contribution < 1.29 is 0 Å². The molecule has 0 atom stereocenters. The van der Waals surface area contributed by atoms with E-state index in [1.807, 2.05) is 11.6 Å². The minimum atomic E-state index is 0.878. The van der Waals surface area contributed by atoms with Crippen LogP contribution >= 0.6 is 22.7 Å². The largest absolute Gasteiger partial charge is 0.357 e. The Morgan fingerprint density at radius 1 is 1.46 bits per heavy atom. The first-order valence-corrected chi connectivity index (χ1v) is 5.83. The molecule has 0 bridgehead atoms. The summed E-state index contributed by atoms with van der Waals surface area (Å²) < 4.78 is 0. The Labute approximate surface area is 85.3 Å². The lowest BCUT2D eigenvalue weighted by Crippen LogP contribution is -1.98. The van der Waals surface area contributed by atoms with Gasteiger partial charge in [-0.05, 0) is 28.8 Å². The summed E-state index contributed by atoms with van der Waals surface area (Å²) in [5.74, 6) is 0. The Bertz CT molecular complexity index is 365. The van der Waals surface area contributed by atoms with Crippen molar-refractivity contribution in [2.24, 2.45) is 0 Å². The predicted molar refractivity (Wildman–Crippen MR) is 58.5 cm³/mol. The number of hydrogen-bond donors (Lipinski definition) is 1. The van der Waals surface area contributed by atoms with E-state index >= 15 is 0 Å². The summed E-state index contributed by atoms with van der Waals surface area (Å²) in [7, 11) is 0. The van der Waals surface area contributed by atoms with Gasteiger partial charge in [-0.1, -0.05) is 0 Å². The van der Waals surface area contributed by atoms with Gasteiger partial charge < -0.3 is 5.32 Å². The van der Waals surface area contributed by atoms with Crippen LogP contribution in [0.3, 0.4) is 0 Å². The van der Waals surface area contributed by atoms with E-state index in [1.165, 1.54) is 11.1 Å². The topological polar surface area (TPSA) is 24.9 Å². The molecule has 0 aliphatic carbocycles. The van der Waals surface area contributed by atoms with Crippen LogP contribution in [0.1, 0.15) is 11.1 Å². The monoisotopic (exact) mass is 210 g/mol. The quantitative estimate of drug-likeness (QED) is 0.842. The maximum absolute atomic E-state index is 4.16. The van der Waals surface area contributed by atoms with Gasteiger partial charge in [-0.15, -0.1) is 11.3 Å². The number of thiazole rings is 1. The smallest absolute Gasteiger partial charge is 0.182 e. The van der Waals surface area contributed by atoms with Crippen molar-refractivity contribution in [1.82, 2.24) is 4.98 Å². The van der Waals surface area contributed by atoms with E-state index in [2.05, 4.69) is 28.0 Å². The van der Waals surface area contributed by atoms with Crippen LogP contribution in [0.25, 0.3) is 0 Å². The molecule has 0 radical (unpaired) electrons. The van der Waals surface area contributed by atoms with Crippen LogP contribution in [0.4, 0.5) is 5.13 Å². The van der Waals surface area contributed by atoms with E-state index in [1.54, 1.807) is 22.7 Å². The maximum Gasteiger partial charge on any atom is 0.182 e. The first-order chi connectivity index (χ1) is 6.36. The summed E-state index contributed by atoms with van der Waals surface area (Å²) in [5, 5.41) is 10.6. The Morgan fingerprint density at radius 3 is 3.00 bits per heavy atom. The number of aryl methyl sites for hydroxylation is 1. The van der Waals surface area contributed by atoms with Crippen molar-refractivity contribution in [1.29, 1.82) is 0 Å². The molecule has 0 spiro atoms. The predicted octanol–water partition coefficient (Wildman–Crippen LogP) is 3.13. The van der Waals surface area contributed by atoms with Gasteiger partial charge in [0.2, 0.25) is 0 Å². The minimum Gasteiger partial charge on any atom is -0.357 e. The van der Waals surface area contributed by atoms with Crippen LogP contribution in [0.2, 0.25) is 0 Å². The zero-order chi connectivity index (χ0) is 9.10. The lowest BCUT2D eigenvalue weighted by atomic mass is 10.2. The van der Waals surface area contributed by atoms with Gasteiger partial charge in [-0.3, -0.25) is 0 Å². The molecule has 2 nitrogen and oxygen atoms in total. The molecule has 2 aromatic rings. The molecule has 0 saturated heterocycles. The number of nitrogens with zero attached hydrogens (tertiary/aromatic N) is 1. The molecule has 4 heteroatoms. The highest BCUT2D eigenvalue weighted by atomic mass is 32.1.